The number of nitrogens with zero attached hydrogens (tertiary/aromatic N) is 4. The molecule has 1 saturated heterocycles. The molecule has 1 aromatic carbocycles. The highest BCUT2D eigenvalue weighted by Crippen LogP contribution is 2.47. The van der Waals surface area contributed by atoms with E-state index in [1.54, 1.807) is 18.2 Å². The summed E-state index contributed by atoms with van der Waals surface area (Å²) in [6, 6.07) is 3.28. The number of fused-ring (bicyclic) bond motifs is 1. The number of aryl methyl sites for hydroxylation is 2. The monoisotopic (exact) mass is 544 g/mol. The lowest BCUT2D eigenvalue weighted by molar-refractivity contribution is -0.143. The molecule has 4 rings (SSSR count). The van der Waals surface area contributed by atoms with Crippen LogP contribution >= 0.6 is 0 Å². The molecule has 0 spiro atoms. The Bertz CT molecular complexity index is 1130. The molecule has 1 unspecified atom stereocenters. The lowest BCUT2D eigenvalue weighted by Crippen LogP contribution is -2.45. The fourth-order valence-corrected chi connectivity index (χ4v) is 5.71. The third-order valence-electron chi connectivity index (χ3n) is 7.79. The van der Waals surface area contributed by atoms with Gasteiger partial charge in [-0.15, -0.1) is 0 Å². The van der Waals surface area contributed by atoms with Crippen LogP contribution in [0.4, 0.5) is 0 Å². The Kier molecular flexibility index (Phi) is 9.68. The first-order chi connectivity index (χ1) is 18.9. The molecule has 1 amide bonds. The van der Waals surface area contributed by atoms with E-state index in [2.05, 4.69) is 11.9 Å². The predicted molar refractivity (Wildman–Crippen MR) is 143 cm³/mol. The molecule has 2 aliphatic heterocycles. The van der Waals surface area contributed by atoms with E-state index in [9.17, 15) is 19.8 Å². The normalized spacial score (nSPS) is 20.4. The number of carbonyl (C=O) groups excluding carboxylic acids is 1. The van der Waals surface area contributed by atoms with Gasteiger partial charge in [0.05, 0.1) is 19.6 Å². The maximum atomic E-state index is 13.5. The minimum Gasteiger partial charge on any atom is -0.493 e. The molecule has 2 N–H and O–H groups in total. The van der Waals surface area contributed by atoms with Gasteiger partial charge in [0, 0.05) is 64.1 Å². The number of carboxylic acid groups (broad SMARTS) is 1. The van der Waals surface area contributed by atoms with Crippen molar-refractivity contribution in [1.82, 2.24) is 19.4 Å². The molecule has 0 radical (unpaired) electrons. The van der Waals surface area contributed by atoms with E-state index in [4.69, 9.17) is 14.2 Å². The van der Waals surface area contributed by atoms with Crippen LogP contribution in [0.1, 0.15) is 49.9 Å². The van der Waals surface area contributed by atoms with Crippen molar-refractivity contribution in [3.05, 3.63) is 35.9 Å². The van der Waals surface area contributed by atoms with E-state index in [0.29, 0.717) is 56.1 Å². The Morgan fingerprint density at radius 1 is 1.23 bits per heavy atom. The van der Waals surface area contributed by atoms with E-state index in [1.807, 2.05) is 34.8 Å². The number of imidazole rings is 1. The van der Waals surface area contributed by atoms with Gasteiger partial charge < -0.3 is 33.9 Å². The van der Waals surface area contributed by atoms with Crippen LogP contribution in [0, 0.1) is 5.92 Å². The van der Waals surface area contributed by atoms with E-state index in [1.165, 1.54) is 0 Å². The summed E-state index contributed by atoms with van der Waals surface area (Å²) in [5.41, 5.74) is 0.781. The molecule has 39 heavy (non-hydrogen) atoms. The number of ether oxygens (including phenoxy) is 3. The lowest BCUT2D eigenvalue weighted by atomic mass is 9.83. The summed E-state index contributed by atoms with van der Waals surface area (Å²) < 4.78 is 18.6. The van der Waals surface area contributed by atoms with Crippen molar-refractivity contribution in [3.63, 3.8) is 0 Å². The minimum absolute atomic E-state index is 0.0149. The molecule has 0 aliphatic carbocycles. The first-order valence-corrected chi connectivity index (χ1v) is 13.7. The summed E-state index contributed by atoms with van der Waals surface area (Å²) in [4.78, 5) is 34.5. The van der Waals surface area contributed by atoms with Gasteiger partial charge in [-0.25, -0.2) is 4.98 Å². The number of aliphatic hydroxyl groups is 1. The topological polar surface area (TPSA) is 127 Å². The fraction of sp³-hybridized carbons (Fsp3) is 0.607. The quantitative estimate of drug-likeness (QED) is 0.368. The van der Waals surface area contributed by atoms with E-state index >= 15 is 0 Å². The largest absolute Gasteiger partial charge is 0.493 e. The number of carbonyl (C=O) groups is 2. The molecule has 2 aromatic rings. The molecule has 1 aromatic heterocycles. The number of hydrogen-bond acceptors (Lipinski definition) is 8. The molecule has 1 fully saturated rings. The first-order valence-electron chi connectivity index (χ1n) is 13.7. The van der Waals surface area contributed by atoms with E-state index in [-0.39, 0.29) is 37.8 Å². The van der Waals surface area contributed by atoms with Crippen LogP contribution in [0.15, 0.2) is 24.5 Å². The second kappa shape index (κ2) is 13.2. The summed E-state index contributed by atoms with van der Waals surface area (Å²) >= 11 is 0. The van der Waals surface area contributed by atoms with Gasteiger partial charge >= 0.3 is 5.97 Å². The van der Waals surface area contributed by atoms with Crippen molar-refractivity contribution in [1.29, 1.82) is 0 Å². The Hall–Kier alpha value is -3.31. The second-order valence-corrected chi connectivity index (χ2v) is 10.2. The number of hydrogen-bond donors (Lipinski definition) is 2. The molecular formula is C28H40N4O7. The average molecular weight is 545 g/mol. The van der Waals surface area contributed by atoms with Gasteiger partial charge in [0.15, 0.2) is 11.5 Å². The smallest absolute Gasteiger partial charge is 0.308 e. The third kappa shape index (κ3) is 6.47. The van der Waals surface area contributed by atoms with Crippen LogP contribution in [0.25, 0.3) is 0 Å². The molecule has 3 heterocycles. The maximum absolute atomic E-state index is 13.5. The Morgan fingerprint density at radius 2 is 2.03 bits per heavy atom. The molecule has 11 nitrogen and oxygen atoms in total. The molecule has 214 valence electrons. The number of aliphatic hydroxyl groups excluding tert-OH is 1. The highest BCUT2D eigenvalue weighted by Gasteiger charge is 2.47. The number of benzene rings is 1. The van der Waals surface area contributed by atoms with Crippen molar-refractivity contribution in [3.8, 4) is 17.2 Å². The maximum Gasteiger partial charge on any atom is 0.308 e. The van der Waals surface area contributed by atoms with Crippen molar-refractivity contribution in [2.75, 3.05) is 46.7 Å². The van der Waals surface area contributed by atoms with Gasteiger partial charge in [0.25, 0.3) is 0 Å². The van der Waals surface area contributed by atoms with Crippen LogP contribution in [0.5, 0.6) is 17.2 Å². The molecular weight excluding hydrogens is 504 g/mol. The summed E-state index contributed by atoms with van der Waals surface area (Å²) in [7, 11) is 3.46. The first kappa shape index (κ1) is 28.7. The Labute approximate surface area is 229 Å². The van der Waals surface area contributed by atoms with Crippen LogP contribution in [0.3, 0.4) is 0 Å². The van der Waals surface area contributed by atoms with Gasteiger partial charge in [-0.05, 0) is 37.0 Å². The summed E-state index contributed by atoms with van der Waals surface area (Å²) in [6.07, 6.45) is 7.06. The fourth-order valence-electron chi connectivity index (χ4n) is 5.71. The number of aliphatic carboxylic acids is 1. The zero-order chi connectivity index (χ0) is 27.9. The Balaban J connectivity index is 1.64. The number of carboxylic acids is 1. The minimum atomic E-state index is -0.903. The van der Waals surface area contributed by atoms with Gasteiger partial charge in [0.2, 0.25) is 18.4 Å². The van der Waals surface area contributed by atoms with Crippen molar-refractivity contribution < 1.29 is 34.0 Å². The van der Waals surface area contributed by atoms with Crippen molar-refractivity contribution in [2.24, 2.45) is 13.0 Å². The summed E-state index contributed by atoms with van der Waals surface area (Å²) in [5, 5.41) is 19.8. The van der Waals surface area contributed by atoms with Gasteiger partial charge in [-0.3, -0.25) is 14.5 Å². The van der Waals surface area contributed by atoms with Crippen LogP contribution in [-0.4, -0.2) is 94.2 Å². The second-order valence-electron chi connectivity index (χ2n) is 10.2. The third-order valence-corrected chi connectivity index (χ3v) is 7.79. The lowest BCUT2D eigenvalue weighted by Gasteiger charge is -2.29. The highest BCUT2D eigenvalue weighted by atomic mass is 16.7. The zero-order valence-electron chi connectivity index (χ0n) is 23.0. The van der Waals surface area contributed by atoms with Crippen LogP contribution in [-0.2, 0) is 23.1 Å². The van der Waals surface area contributed by atoms with Gasteiger partial charge in [0.1, 0.15) is 5.82 Å². The zero-order valence-corrected chi connectivity index (χ0v) is 23.0. The highest BCUT2D eigenvalue weighted by molar-refractivity contribution is 5.79. The van der Waals surface area contributed by atoms with E-state index in [0.717, 1.165) is 24.2 Å². The number of methoxy groups -OCH3 is 1. The number of rotatable bonds is 14. The van der Waals surface area contributed by atoms with Crippen molar-refractivity contribution >= 4 is 11.9 Å². The molecule has 2 aliphatic rings. The van der Waals surface area contributed by atoms with Crippen molar-refractivity contribution in [2.45, 2.75) is 51.0 Å². The van der Waals surface area contributed by atoms with Gasteiger partial charge in [-0.1, -0.05) is 13.3 Å². The van der Waals surface area contributed by atoms with Gasteiger partial charge in [-0.2, -0.15) is 0 Å². The van der Waals surface area contributed by atoms with Crippen LogP contribution < -0.4 is 14.2 Å². The average Bonchev–Trinajstić information content (AvgIpc) is 3.65. The van der Waals surface area contributed by atoms with E-state index < -0.39 is 11.9 Å². The van der Waals surface area contributed by atoms with Crippen LogP contribution in [0.2, 0.25) is 0 Å². The standard InChI is InChI=1S/C28H40N4O7/c1-4-5-10-31(11-6-13-33)25(34)17-32-16-20(19-14-22(37-3)27-23(15-19)38-18-39-27)26(28(35)36)21(32)7-8-24-29-9-12-30(24)2/h9,12,14-15,20-21,26,33H,4-8,10-11,13,16-18H2,1-3H3,(H,35,36)/t20-,21+,26?/m1/s1. The summed E-state index contributed by atoms with van der Waals surface area (Å²) in [5.74, 6) is 0.328. The molecule has 0 bridgehead atoms. The Morgan fingerprint density at radius 3 is 2.69 bits per heavy atom. The predicted octanol–water partition coefficient (Wildman–Crippen LogP) is 2.27. The number of amides is 1. The summed E-state index contributed by atoms with van der Waals surface area (Å²) in [6.45, 7) is 3.78. The SMILES string of the molecule is CCCCN(CCCO)C(=O)CN1C[C@H](c2cc(OC)c3c(c2)OCO3)C(C(=O)O)[C@@H]1CCc1nccn1C. The number of likely N-dealkylation sites (tertiary alicyclic amines) is 1. The number of aromatic nitrogens is 2. The molecule has 11 heteroatoms. The molecule has 0 saturated carbocycles. The molecule has 3 atom stereocenters. The number of unbranched alkanes of at least 4 members (excludes halogenated alkanes) is 1.